The summed E-state index contributed by atoms with van der Waals surface area (Å²) in [7, 11) is 0. The maximum Gasteiger partial charge on any atom is 0.323 e. The molecular weight excluding hydrogens is 298 g/mol. The van der Waals surface area contributed by atoms with Crippen molar-refractivity contribution in [2.45, 2.75) is 33.2 Å². The van der Waals surface area contributed by atoms with Gasteiger partial charge in [0.25, 0.3) is 0 Å². The first-order valence-electron chi connectivity index (χ1n) is 5.78. The van der Waals surface area contributed by atoms with E-state index >= 15 is 0 Å². The second kappa shape index (κ2) is 6.20. The highest BCUT2D eigenvalue weighted by molar-refractivity contribution is 9.10. The topological polar surface area (TPSA) is 72.5 Å². The van der Waals surface area contributed by atoms with Gasteiger partial charge in [0, 0.05) is 10.9 Å². The number of phenolic OH excluding ortho intramolecular Hbond substituents is 1. The lowest BCUT2D eigenvalue weighted by molar-refractivity contribution is -0.144. The van der Waals surface area contributed by atoms with Crippen LogP contribution in [0.1, 0.15) is 23.6 Å². The molecule has 100 valence electrons. The molecule has 1 aromatic rings. The van der Waals surface area contributed by atoms with Crippen molar-refractivity contribution in [2.24, 2.45) is 5.73 Å². The van der Waals surface area contributed by atoms with Crippen LogP contribution in [0.3, 0.4) is 0 Å². The Morgan fingerprint density at radius 2 is 2.11 bits per heavy atom. The molecule has 3 N–H and O–H groups in total. The fraction of sp³-hybridized carbons (Fsp3) is 0.462. The average molecular weight is 316 g/mol. The second-order valence-electron chi connectivity index (χ2n) is 4.18. The van der Waals surface area contributed by atoms with Crippen molar-refractivity contribution in [3.8, 4) is 5.75 Å². The summed E-state index contributed by atoms with van der Waals surface area (Å²) in [6.07, 6.45) is 0.254. The number of ether oxygens (including phenoxy) is 1. The highest BCUT2D eigenvalue weighted by atomic mass is 79.9. The van der Waals surface area contributed by atoms with E-state index in [0.717, 1.165) is 15.6 Å². The number of rotatable bonds is 4. The first-order valence-corrected chi connectivity index (χ1v) is 6.57. The minimum Gasteiger partial charge on any atom is -0.507 e. The molecule has 0 bridgehead atoms. The lowest BCUT2D eigenvalue weighted by Gasteiger charge is -2.15. The molecule has 0 aliphatic rings. The van der Waals surface area contributed by atoms with Gasteiger partial charge in [-0.3, -0.25) is 4.79 Å². The summed E-state index contributed by atoms with van der Waals surface area (Å²) in [6.45, 7) is 5.77. The SMILES string of the molecule is CCOC(=O)C(N)Cc1cc(Br)c(C)c(C)c1O. The standard InChI is InChI=1S/C13H18BrNO3/c1-4-18-13(17)11(15)6-9-5-10(14)7(2)8(3)12(9)16/h5,11,16H,4,6,15H2,1-3H3. The molecule has 0 heterocycles. The van der Waals surface area contributed by atoms with Gasteiger partial charge in [0.05, 0.1) is 6.61 Å². The van der Waals surface area contributed by atoms with E-state index in [9.17, 15) is 9.90 Å². The zero-order valence-electron chi connectivity index (χ0n) is 10.8. The first kappa shape index (κ1) is 15.0. The molecule has 18 heavy (non-hydrogen) atoms. The number of phenols is 1. The van der Waals surface area contributed by atoms with Crippen molar-refractivity contribution >= 4 is 21.9 Å². The lowest BCUT2D eigenvalue weighted by Crippen LogP contribution is -2.34. The Bertz CT molecular complexity index is 460. The van der Waals surface area contributed by atoms with E-state index in [0.29, 0.717) is 12.2 Å². The van der Waals surface area contributed by atoms with Crippen LogP contribution in [0.25, 0.3) is 0 Å². The van der Waals surface area contributed by atoms with Crippen LogP contribution in [0, 0.1) is 13.8 Å². The summed E-state index contributed by atoms with van der Waals surface area (Å²) in [5, 5.41) is 10.0. The fourth-order valence-electron chi connectivity index (χ4n) is 1.65. The van der Waals surface area contributed by atoms with Gasteiger partial charge in [-0.15, -0.1) is 0 Å². The molecule has 0 amide bonds. The van der Waals surface area contributed by atoms with Crippen LogP contribution in [0.4, 0.5) is 0 Å². The van der Waals surface area contributed by atoms with Crippen LogP contribution in [0.5, 0.6) is 5.75 Å². The summed E-state index contributed by atoms with van der Waals surface area (Å²) in [5.74, 6) is -0.262. The number of carbonyl (C=O) groups excluding carboxylic acids is 1. The number of hydrogen-bond donors (Lipinski definition) is 2. The van der Waals surface area contributed by atoms with Gasteiger partial charge in [0.15, 0.2) is 0 Å². The van der Waals surface area contributed by atoms with E-state index in [2.05, 4.69) is 15.9 Å². The van der Waals surface area contributed by atoms with Crippen LogP contribution >= 0.6 is 15.9 Å². The number of nitrogens with two attached hydrogens (primary N) is 1. The van der Waals surface area contributed by atoms with E-state index in [1.54, 1.807) is 13.0 Å². The van der Waals surface area contributed by atoms with E-state index < -0.39 is 12.0 Å². The summed E-state index contributed by atoms with van der Waals surface area (Å²) in [6, 6.07) is 1.03. The first-order chi connectivity index (χ1) is 8.38. The maximum atomic E-state index is 11.5. The third-order valence-corrected chi connectivity index (χ3v) is 3.73. The molecular formula is C13H18BrNO3. The highest BCUT2D eigenvalue weighted by Gasteiger charge is 2.19. The van der Waals surface area contributed by atoms with Crippen molar-refractivity contribution in [1.82, 2.24) is 0 Å². The Morgan fingerprint density at radius 1 is 1.50 bits per heavy atom. The zero-order valence-corrected chi connectivity index (χ0v) is 12.4. The molecule has 0 aliphatic carbocycles. The molecule has 1 rings (SSSR count). The summed E-state index contributed by atoms with van der Waals surface area (Å²) < 4.78 is 5.74. The maximum absolute atomic E-state index is 11.5. The van der Waals surface area contributed by atoms with E-state index in [4.69, 9.17) is 10.5 Å². The minimum atomic E-state index is -0.759. The Labute approximate surface area is 115 Å². The number of halogens is 1. The van der Waals surface area contributed by atoms with Gasteiger partial charge in [-0.25, -0.2) is 0 Å². The molecule has 0 saturated carbocycles. The van der Waals surface area contributed by atoms with Crippen molar-refractivity contribution < 1.29 is 14.6 Å². The summed E-state index contributed by atoms with van der Waals surface area (Å²) in [5.41, 5.74) is 8.15. The molecule has 4 nitrogen and oxygen atoms in total. The third-order valence-electron chi connectivity index (χ3n) is 2.91. The molecule has 1 unspecified atom stereocenters. The zero-order chi connectivity index (χ0) is 13.9. The van der Waals surface area contributed by atoms with Crippen LogP contribution in [0.2, 0.25) is 0 Å². The molecule has 0 fully saturated rings. The van der Waals surface area contributed by atoms with E-state index in [1.165, 1.54) is 0 Å². The minimum absolute atomic E-state index is 0.190. The van der Waals surface area contributed by atoms with Crippen LogP contribution in [0.15, 0.2) is 10.5 Å². The van der Waals surface area contributed by atoms with Gasteiger partial charge in [-0.05, 0) is 43.5 Å². The molecule has 1 aromatic carbocycles. The predicted molar refractivity (Wildman–Crippen MR) is 73.6 cm³/mol. The number of aromatic hydroxyl groups is 1. The fourth-order valence-corrected chi connectivity index (χ4v) is 2.23. The second-order valence-corrected chi connectivity index (χ2v) is 5.03. The van der Waals surface area contributed by atoms with Crippen molar-refractivity contribution in [2.75, 3.05) is 6.61 Å². The summed E-state index contributed by atoms with van der Waals surface area (Å²) >= 11 is 3.42. The number of carbonyl (C=O) groups is 1. The Hall–Kier alpha value is -1.07. The van der Waals surface area contributed by atoms with E-state index in [-0.39, 0.29) is 12.2 Å². The molecule has 1 atom stereocenters. The third kappa shape index (κ3) is 3.23. The predicted octanol–water partition coefficient (Wildman–Crippen LogP) is 2.20. The monoisotopic (exact) mass is 315 g/mol. The molecule has 0 saturated heterocycles. The Kier molecular flexibility index (Phi) is 5.16. The normalized spacial score (nSPS) is 12.3. The quantitative estimate of drug-likeness (QED) is 0.835. The van der Waals surface area contributed by atoms with Crippen LogP contribution in [-0.4, -0.2) is 23.7 Å². The van der Waals surface area contributed by atoms with Crippen LogP contribution < -0.4 is 5.73 Å². The van der Waals surface area contributed by atoms with Gasteiger partial charge in [-0.1, -0.05) is 15.9 Å². The molecule has 0 aliphatic heterocycles. The molecule has 0 radical (unpaired) electrons. The molecule has 0 spiro atoms. The van der Waals surface area contributed by atoms with Crippen molar-refractivity contribution in [3.63, 3.8) is 0 Å². The lowest BCUT2D eigenvalue weighted by atomic mass is 9.99. The average Bonchev–Trinajstić information content (AvgIpc) is 2.33. The van der Waals surface area contributed by atoms with Gasteiger partial charge in [0.2, 0.25) is 0 Å². The van der Waals surface area contributed by atoms with Crippen molar-refractivity contribution in [1.29, 1.82) is 0 Å². The smallest absolute Gasteiger partial charge is 0.323 e. The van der Waals surface area contributed by atoms with Crippen LogP contribution in [-0.2, 0) is 16.0 Å². The highest BCUT2D eigenvalue weighted by Crippen LogP contribution is 2.31. The van der Waals surface area contributed by atoms with Gasteiger partial charge in [-0.2, -0.15) is 0 Å². The Morgan fingerprint density at radius 3 is 2.67 bits per heavy atom. The largest absolute Gasteiger partial charge is 0.507 e. The Balaban J connectivity index is 2.95. The van der Waals surface area contributed by atoms with Gasteiger partial charge in [0.1, 0.15) is 11.8 Å². The number of esters is 1. The van der Waals surface area contributed by atoms with Crippen molar-refractivity contribution in [3.05, 3.63) is 27.2 Å². The molecule has 5 heteroatoms. The number of hydrogen-bond acceptors (Lipinski definition) is 4. The number of benzene rings is 1. The van der Waals surface area contributed by atoms with Gasteiger partial charge >= 0.3 is 5.97 Å². The van der Waals surface area contributed by atoms with Gasteiger partial charge < -0.3 is 15.6 Å². The summed E-state index contributed by atoms with van der Waals surface area (Å²) in [4.78, 5) is 11.5. The van der Waals surface area contributed by atoms with E-state index in [1.807, 2.05) is 13.8 Å². The molecule has 0 aromatic heterocycles.